The fourth-order valence-corrected chi connectivity index (χ4v) is 0.767. The number of carbonyl (C=O) groups is 3. The van der Waals surface area contributed by atoms with Gasteiger partial charge in [0.25, 0.3) is 0 Å². The van der Waals surface area contributed by atoms with Crippen molar-refractivity contribution in [3.63, 3.8) is 0 Å². The van der Waals surface area contributed by atoms with Gasteiger partial charge in [0.1, 0.15) is 12.6 Å². The standard InChI is InChI=1S/C7H11NO4/c9-4-1-2-8(3-5-10)6-7(11)12/h4-5H,1-3,6H2,(H,11,12). The van der Waals surface area contributed by atoms with Crippen molar-refractivity contribution in [2.24, 2.45) is 0 Å². The van der Waals surface area contributed by atoms with Crippen molar-refractivity contribution in [2.45, 2.75) is 6.42 Å². The Balaban J connectivity index is 3.75. The largest absolute Gasteiger partial charge is 0.480 e. The lowest BCUT2D eigenvalue weighted by molar-refractivity contribution is -0.138. The van der Waals surface area contributed by atoms with E-state index in [1.807, 2.05) is 0 Å². The second-order valence-electron chi connectivity index (χ2n) is 2.25. The van der Waals surface area contributed by atoms with Crippen molar-refractivity contribution in [1.29, 1.82) is 0 Å². The molecule has 0 aromatic rings. The van der Waals surface area contributed by atoms with Gasteiger partial charge in [0.15, 0.2) is 0 Å². The van der Waals surface area contributed by atoms with Gasteiger partial charge in [0, 0.05) is 13.0 Å². The lowest BCUT2D eigenvalue weighted by Gasteiger charge is -2.14. The number of hydrogen-bond donors (Lipinski definition) is 1. The molecule has 0 atom stereocenters. The van der Waals surface area contributed by atoms with Crippen LogP contribution in [0.15, 0.2) is 0 Å². The van der Waals surface area contributed by atoms with Crippen LogP contribution in [-0.4, -0.2) is 48.2 Å². The molecular weight excluding hydrogens is 162 g/mol. The summed E-state index contributed by atoms with van der Waals surface area (Å²) >= 11 is 0. The van der Waals surface area contributed by atoms with Crippen LogP contribution in [0.3, 0.4) is 0 Å². The molecule has 5 nitrogen and oxygen atoms in total. The van der Waals surface area contributed by atoms with Crippen molar-refractivity contribution >= 4 is 18.5 Å². The van der Waals surface area contributed by atoms with Gasteiger partial charge >= 0.3 is 5.97 Å². The summed E-state index contributed by atoms with van der Waals surface area (Å²) in [6.45, 7) is 0.168. The summed E-state index contributed by atoms with van der Waals surface area (Å²) in [7, 11) is 0. The Kier molecular flexibility index (Phi) is 5.81. The third kappa shape index (κ3) is 5.55. The van der Waals surface area contributed by atoms with Crippen LogP contribution in [0.2, 0.25) is 0 Å². The predicted molar refractivity (Wildman–Crippen MR) is 40.8 cm³/mol. The van der Waals surface area contributed by atoms with Crippen LogP contribution in [0.4, 0.5) is 0 Å². The van der Waals surface area contributed by atoms with E-state index < -0.39 is 5.97 Å². The van der Waals surface area contributed by atoms with E-state index in [1.54, 1.807) is 0 Å². The molecule has 0 aliphatic rings. The van der Waals surface area contributed by atoms with Crippen LogP contribution in [0.1, 0.15) is 6.42 Å². The topological polar surface area (TPSA) is 74.7 Å². The molecule has 0 bridgehead atoms. The highest BCUT2D eigenvalue weighted by atomic mass is 16.4. The maximum Gasteiger partial charge on any atom is 0.317 e. The van der Waals surface area contributed by atoms with Gasteiger partial charge < -0.3 is 14.7 Å². The number of nitrogens with zero attached hydrogens (tertiary/aromatic N) is 1. The first-order valence-electron chi connectivity index (χ1n) is 3.52. The summed E-state index contributed by atoms with van der Waals surface area (Å²) in [5.74, 6) is -0.997. The van der Waals surface area contributed by atoms with E-state index in [1.165, 1.54) is 4.90 Å². The molecule has 0 aromatic heterocycles. The summed E-state index contributed by atoms with van der Waals surface area (Å²) in [5.41, 5.74) is 0. The summed E-state index contributed by atoms with van der Waals surface area (Å²) < 4.78 is 0. The molecule has 0 heterocycles. The number of hydrogen-bond acceptors (Lipinski definition) is 4. The van der Waals surface area contributed by atoms with E-state index in [2.05, 4.69) is 0 Å². The first-order chi connectivity index (χ1) is 5.70. The Morgan fingerprint density at radius 3 is 2.42 bits per heavy atom. The van der Waals surface area contributed by atoms with Crippen molar-refractivity contribution < 1.29 is 19.5 Å². The molecule has 0 aliphatic heterocycles. The molecule has 0 amide bonds. The Labute approximate surface area is 70.0 Å². The molecule has 0 spiro atoms. The second-order valence-corrected chi connectivity index (χ2v) is 2.25. The van der Waals surface area contributed by atoms with Crippen LogP contribution in [0, 0.1) is 0 Å². The smallest absolute Gasteiger partial charge is 0.317 e. The average Bonchev–Trinajstić information content (AvgIpc) is 2.00. The number of carboxylic acid groups (broad SMARTS) is 1. The SMILES string of the molecule is O=CCCN(CC=O)CC(=O)O. The van der Waals surface area contributed by atoms with Crippen LogP contribution in [0.25, 0.3) is 0 Å². The number of aliphatic carboxylic acids is 1. The highest BCUT2D eigenvalue weighted by Gasteiger charge is 2.07. The van der Waals surface area contributed by atoms with Gasteiger partial charge in [-0.25, -0.2) is 0 Å². The van der Waals surface area contributed by atoms with Gasteiger partial charge in [0.05, 0.1) is 13.1 Å². The van der Waals surface area contributed by atoms with E-state index in [0.29, 0.717) is 19.1 Å². The van der Waals surface area contributed by atoms with E-state index in [0.717, 1.165) is 0 Å². The second kappa shape index (κ2) is 6.48. The first-order valence-corrected chi connectivity index (χ1v) is 3.52. The van der Waals surface area contributed by atoms with Gasteiger partial charge in [-0.3, -0.25) is 9.69 Å². The van der Waals surface area contributed by atoms with Crippen LogP contribution >= 0.6 is 0 Å². The molecule has 0 fully saturated rings. The fraction of sp³-hybridized carbons (Fsp3) is 0.571. The first kappa shape index (κ1) is 10.8. The van der Waals surface area contributed by atoms with Gasteiger partial charge in [-0.1, -0.05) is 0 Å². The van der Waals surface area contributed by atoms with Crippen molar-refractivity contribution in [1.82, 2.24) is 4.90 Å². The highest BCUT2D eigenvalue weighted by Crippen LogP contribution is 1.87. The molecule has 0 aliphatic carbocycles. The van der Waals surface area contributed by atoms with E-state index in [9.17, 15) is 14.4 Å². The van der Waals surface area contributed by atoms with Crippen molar-refractivity contribution in [2.75, 3.05) is 19.6 Å². The molecule has 0 aromatic carbocycles. The minimum absolute atomic E-state index is 0.0557. The fourth-order valence-electron chi connectivity index (χ4n) is 0.767. The van der Waals surface area contributed by atoms with Gasteiger partial charge in [-0.05, 0) is 0 Å². The summed E-state index contributed by atoms with van der Waals surface area (Å²) in [5, 5.41) is 8.36. The van der Waals surface area contributed by atoms with Crippen LogP contribution < -0.4 is 0 Å². The molecule has 12 heavy (non-hydrogen) atoms. The molecule has 0 rings (SSSR count). The minimum Gasteiger partial charge on any atom is -0.480 e. The lowest BCUT2D eigenvalue weighted by atomic mass is 10.4. The van der Waals surface area contributed by atoms with Gasteiger partial charge in [-0.2, -0.15) is 0 Å². The molecule has 0 unspecified atom stereocenters. The zero-order valence-corrected chi connectivity index (χ0v) is 6.60. The maximum atomic E-state index is 10.2. The van der Waals surface area contributed by atoms with Crippen molar-refractivity contribution in [3.8, 4) is 0 Å². The Bertz CT molecular complexity index is 169. The average molecular weight is 173 g/mol. The Morgan fingerprint density at radius 2 is 2.00 bits per heavy atom. The molecule has 0 saturated heterocycles. The molecule has 0 radical (unpaired) electrons. The molecule has 0 saturated carbocycles. The number of rotatable bonds is 7. The molecular formula is C7H11NO4. The zero-order valence-electron chi connectivity index (χ0n) is 6.60. The number of carboxylic acids is 1. The van der Waals surface area contributed by atoms with Gasteiger partial charge in [0.2, 0.25) is 0 Å². The predicted octanol–water partition coefficient (Wildman–Crippen LogP) is -0.839. The molecule has 1 N–H and O–H groups in total. The van der Waals surface area contributed by atoms with Crippen molar-refractivity contribution in [3.05, 3.63) is 0 Å². The van der Waals surface area contributed by atoms with Crippen LogP contribution in [-0.2, 0) is 14.4 Å². The van der Waals surface area contributed by atoms with E-state index in [-0.39, 0.29) is 19.5 Å². The quantitative estimate of drug-likeness (QED) is 0.508. The minimum atomic E-state index is -0.997. The lowest BCUT2D eigenvalue weighted by Crippen LogP contribution is -2.32. The number of aldehydes is 2. The number of carbonyl (C=O) groups excluding carboxylic acids is 2. The monoisotopic (exact) mass is 173 g/mol. The summed E-state index contributed by atoms with van der Waals surface area (Å²) in [4.78, 5) is 31.6. The normalized spacial score (nSPS) is 9.75. The molecule has 5 heteroatoms. The zero-order chi connectivity index (χ0) is 9.40. The third-order valence-corrected chi connectivity index (χ3v) is 1.25. The van der Waals surface area contributed by atoms with Crippen LogP contribution in [0.5, 0.6) is 0 Å². The molecule has 68 valence electrons. The van der Waals surface area contributed by atoms with E-state index >= 15 is 0 Å². The third-order valence-electron chi connectivity index (χ3n) is 1.25. The highest BCUT2D eigenvalue weighted by molar-refractivity contribution is 5.69. The Morgan fingerprint density at radius 1 is 1.33 bits per heavy atom. The van der Waals surface area contributed by atoms with Gasteiger partial charge in [-0.15, -0.1) is 0 Å². The maximum absolute atomic E-state index is 10.2. The van der Waals surface area contributed by atoms with E-state index in [4.69, 9.17) is 5.11 Å². The Hall–Kier alpha value is -1.23. The summed E-state index contributed by atoms with van der Waals surface area (Å²) in [6, 6.07) is 0. The summed E-state index contributed by atoms with van der Waals surface area (Å²) in [6.07, 6.45) is 1.56.